The van der Waals surface area contributed by atoms with Gasteiger partial charge in [0, 0.05) is 38.2 Å². The van der Waals surface area contributed by atoms with Crippen LogP contribution in [-0.4, -0.2) is 70.8 Å². The molecule has 1 saturated heterocycles. The molecule has 248 valence electrons. The number of hydrogen-bond acceptors (Lipinski definition) is 10. The zero-order valence-electron chi connectivity index (χ0n) is 23.9. The maximum atomic E-state index is 13.1. The summed E-state index contributed by atoms with van der Waals surface area (Å²) in [5, 5.41) is 9.99. The highest BCUT2D eigenvalue weighted by atomic mass is 32.2. The van der Waals surface area contributed by atoms with Gasteiger partial charge >= 0.3 is 12.3 Å². The number of alkyl halides is 5. The van der Waals surface area contributed by atoms with Gasteiger partial charge in [-0.15, -0.1) is 13.2 Å². The number of carbonyl (C=O) groups is 1. The lowest BCUT2D eigenvalue weighted by atomic mass is 10.0. The van der Waals surface area contributed by atoms with E-state index >= 15 is 0 Å². The molecule has 0 amide bonds. The van der Waals surface area contributed by atoms with Gasteiger partial charge < -0.3 is 25.5 Å². The number of thiazole rings is 1. The van der Waals surface area contributed by atoms with Crippen LogP contribution in [0.4, 0.5) is 27.1 Å². The van der Waals surface area contributed by atoms with Crippen LogP contribution in [0.2, 0.25) is 0 Å². The Bertz CT molecular complexity index is 1830. The highest BCUT2D eigenvalue weighted by Gasteiger charge is 2.41. The van der Waals surface area contributed by atoms with E-state index in [0.717, 1.165) is 45.5 Å². The van der Waals surface area contributed by atoms with Gasteiger partial charge in [0.15, 0.2) is 10.8 Å². The number of sulfonamides is 1. The van der Waals surface area contributed by atoms with Crippen LogP contribution in [0.3, 0.4) is 0 Å². The Morgan fingerprint density at radius 3 is 2.30 bits per heavy atom. The summed E-state index contributed by atoms with van der Waals surface area (Å²) in [4.78, 5) is 35.5. The molecule has 46 heavy (non-hydrogen) atoms. The van der Waals surface area contributed by atoms with E-state index in [1.165, 1.54) is 30.3 Å². The van der Waals surface area contributed by atoms with Gasteiger partial charge in [-0.25, -0.2) is 22.2 Å². The van der Waals surface area contributed by atoms with Crippen molar-refractivity contribution in [1.29, 1.82) is 0 Å². The van der Waals surface area contributed by atoms with Crippen LogP contribution >= 0.6 is 11.3 Å². The molecule has 2 aromatic heterocycles. The van der Waals surface area contributed by atoms with E-state index in [4.69, 9.17) is 5.73 Å². The molecule has 1 atom stereocenters. The first-order valence-electron chi connectivity index (χ1n) is 13.4. The Morgan fingerprint density at radius 1 is 1.11 bits per heavy atom. The first-order chi connectivity index (χ1) is 21.6. The van der Waals surface area contributed by atoms with Crippen LogP contribution in [0, 0.1) is 0 Å². The fraction of sp³-hybridized carbons (Fsp3) is 0.333. The predicted molar refractivity (Wildman–Crippen MR) is 157 cm³/mol. The number of nitrogens with one attached hydrogen (secondary N) is 1. The van der Waals surface area contributed by atoms with Crippen molar-refractivity contribution in [2.45, 2.75) is 43.1 Å². The van der Waals surface area contributed by atoms with Crippen LogP contribution in [0.15, 0.2) is 64.5 Å². The van der Waals surface area contributed by atoms with Crippen molar-refractivity contribution in [2.75, 3.05) is 24.5 Å². The van der Waals surface area contributed by atoms with E-state index < -0.39 is 45.6 Å². The van der Waals surface area contributed by atoms with Gasteiger partial charge in [-0.05, 0) is 29.8 Å². The van der Waals surface area contributed by atoms with E-state index in [2.05, 4.69) is 19.7 Å². The molecule has 0 spiro atoms. The zero-order valence-corrected chi connectivity index (χ0v) is 25.5. The normalized spacial score (nSPS) is 16.2. The van der Waals surface area contributed by atoms with Crippen molar-refractivity contribution in [3.8, 4) is 5.75 Å². The minimum atomic E-state index is -4.94. The molecule has 0 saturated carbocycles. The number of carboxylic acids is 1. The summed E-state index contributed by atoms with van der Waals surface area (Å²) in [5.41, 5.74) is 6.06. The summed E-state index contributed by atoms with van der Waals surface area (Å²) in [7, 11) is -4.35. The van der Waals surface area contributed by atoms with Crippen molar-refractivity contribution >= 4 is 42.8 Å². The molecule has 4 N–H and O–H groups in total. The van der Waals surface area contributed by atoms with Crippen LogP contribution < -0.4 is 20.9 Å². The maximum absolute atomic E-state index is 13.1. The molecule has 1 aliphatic rings. The monoisotopic (exact) mass is 690 g/mol. The van der Waals surface area contributed by atoms with Crippen molar-refractivity contribution in [2.24, 2.45) is 5.73 Å². The maximum Gasteiger partial charge on any atom is 0.573 e. The number of fused-ring (bicyclic) bond motifs is 1. The molecule has 4 aromatic rings. The Balaban J connectivity index is 0.000000310. The third-order valence-electron chi connectivity index (χ3n) is 6.79. The van der Waals surface area contributed by atoms with Crippen molar-refractivity contribution in [1.82, 2.24) is 19.3 Å². The smallest absolute Gasteiger partial charge is 0.480 e. The molecule has 0 bridgehead atoms. The van der Waals surface area contributed by atoms with Crippen molar-refractivity contribution in [3.05, 3.63) is 76.3 Å². The number of nitrogens with two attached hydrogens (primary N) is 1. The van der Waals surface area contributed by atoms with Crippen LogP contribution in [-0.2, 0) is 27.3 Å². The number of piperazine rings is 1. The number of H-pyrrole nitrogens is 1. The number of carboxylic acid groups (broad SMARTS) is 1. The molecule has 12 nitrogen and oxygen atoms in total. The number of benzene rings is 2. The number of rotatable bonds is 8. The number of ether oxygens (including phenoxy) is 1. The lowest BCUT2D eigenvalue weighted by Gasteiger charge is -2.38. The van der Waals surface area contributed by atoms with Crippen LogP contribution in [0.25, 0.3) is 10.3 Å². The standard InChI is InChI=1S/C17H14F3N5O6S2.C10H13F2N/c18-17(19,20)31-9-1-3-10(4-2-9)33(29,30)25-6-5-24(7-11(25)15(27)28)16-23-13-12(32-16)14(26)22-8-21-13;1-2-10(11,12)9-5-3-8(7-13)4-6-9/h1-4,8,11H,5-7H2,(H,27,28)(H,21,22,26);3-6H,2,7,13H2,1H3/t11-;/m1./s1. The first kappa shape index (κ1) is 34.7. The fourth-order valence-corrected chi connectivity index (χ4v) is 6.87. The summed E-state index contributed by atoms with van der Waals surface area (Å²) < 4.78 is 94.0. The second-order valence-corrected chi connectivity index (χ2v) is 12.6. The summed E-state index contributed by atoms with van der Waals surface area (Å²) in [6.45, 7) is 1.42. The molecule has 1 fully saturated rings. The average Bonchev–Trinajstić information content (AvgIpc) is 3.46. The molecule has 0 unspecified atom stereocenters. The van der Waals surface area contributed by atoms with Gasteiger partial charge in [0.1, 0.15) is 16.5 Å². The van der Waals surface area contributed by atoms with Gasteiger partial charge in [0.2, 0.25) is 10.0 Å². The quantitative estimate of drug-likeness (QED) is 0.231. The SMILES string of the molecule is CCC(F)(F)c1ccc(CN)cc1.O=C(O)[C@H]1CN(c2nc3nc[nH]c(=O)c3s2)CCN1S(=O)(=O)c1ccc(OC(F)(F)F)cc1. The second-order valence-electron chi connectivity index (χ2n) is 9.77. The third kappa shape index (κ3) is 7.95. The number of hydrogen-bond donors (Lipinski definition) is 3. The van der Waals surface area contributed by atoms with E-state index in [9.17, 15) is 45.1 Å². The Kier molecular flexibility index (Phi) is 10.3. The lowest BCUT2D eigenvalue weighted by Crippen LogP contribution is -2.58. The van der Waals surface area contributed by atoms with Crippen LogP contribution in [0.5, 0.6) is 5.75 Å². The summed E-state index contributed by atoms with van der Waals surface area (Å²) in [5.74, 6) is -4.74. The number of anilines is 1. The topological polar surface area (TPSA) is 172 Å². The molecule has 0 aliphatic carbocycles. The molecule has 19 heteroatoms. The van der Waals surface area contributed by atoms with Crippen molar-refractivity contribution < 1.29 is 45.0 Å². The van der Waals surface area contributed by atoms with E-state index in [1.807, 2.05) is 0 Å². The third-order valence-corrected chi connectivity index (χ3v) is 9.82. The van der Waals surface area contributed by atoms with Gasteiger partial charge in [0.25, 0.3) is 11.5 Å². The predicted octanol–water partition coefficient (Wildman–Crippen LogP) is 3.89. The molecule has 5 rings (SSSR count). The lowest BCUT2D eigenvalue weighted by molar-refractivity contribution is -0.274. The summed E-state index contributed by atoms with van der Waals surface area (Å²) in [6.07, 6.45) is -3.93. The average molecular weight is 691 g/mol. The highest BCUT2D eigenvalue weighted by molar-refractivity contribution is 7.89. The van der Waals surface area contributed by atoms with E-state index in [1.54, 1.807) is 12.1 Å². The first-order valence-corrected chi connectivity index (χ1v) is 15.7. The molecule has 2 aromatic carbocycles. The minimum absolute atomic E-state index is 0.0622. The second kappa shape index (κ2) is 13.7. The summed E-state index contributed by atoms with van der Waals surface area (Å²) in [6, 6.07) is 8.12. The fourth-order valence-electron chi connectivity index (χ4n) is 4.36. The largest absolute Gasteiger partial charge is 0.573 e. The molecular formula is C27H27F5N6O6S2. The number of aromatic nitrogens is 3. The van der Waals surface area contributed by atoms with Gasteiger partial charge in [-0.3, -0.25) is 9.59 Å². The molecule has 1 aliphatic heterocycles. The highest BCUT2D eigenvalue weighted by Crippen LogP contribution is 2.32. The van der Waals surface area contributed by atoms with E-state index in [0.29, 0.717) is 11.7 Å². The number of nitrogens with zero attached hydrogens (tertiary/aromatic N) is 4. The molecular weight excluding hydrogens is 663 g/mol. The number of aliphatic carboxylic acids is 1. The zero-order chi connectivity index (χ0) is 33.9. The minimum Gasteiger partial charge on any atom is -0.480 e. The van der Waals surface area contributed by atoms with Crippen molar-refractivity contribution in [3.63, 3.8) is 0 Å². The Labute approximate surface area is 262 Å². The summed E-state index contributed by atoms with van der Waals surface area (Å²) >= 11 is 0.997. The number of halogens is 5. The molecule has 3 heterocycles. The van der Waals surface area contributed by atoms with Crippen LogP contribution in [0.1, 0.15) is 24.5 Å². The molecule has 0 radical (unpaired) electrons. The Hall–Kier alpha value is -4.20. The number of aromatic amines is 1. The van der Waals surface area contributed by atoms with E-state index in [-0.39, 0.29) is 46.9 Å². The van der Waals surface area contributed by atoms with Gasteiger partial charge in [0.05, 0.1) is 11.2 Å². The Morgan fingerprint density at radius 2 is 1.76 bits per heavy atom. The van der Waals surface area contributed by atoms with Gasteiger partial charge in [-0.2, -0.15) is 9.29 Å². The van der Waals surface area contributed by atoms with Gasteiger partial charge in [-0.1, -0.05) is 42.5 Å².